The molecule has 1 N–H and O–H groups in total. The third kappa shape index (κ3) is 5.43. The van der Waals surface area contributed by atoms with Crippen molar-refractivity contribution in [3.8, 4) is 5.75 Å². The fourth-order valence-corrected chi connectivity index (χ4v) is 4.14. The van der Waals surface area contributed by atoms with Gasteiger partial charge in [-0.3, -0.25) is 9.69 Å². The first-order valence-electron chi connectivity index (χ1n) is 9.92. The van der Waals surface area contributed by atoms with Gasteiger partial charge in [0.15, 0.2) is 0 Å². The van der Waals surface area contributed by atoms with Crippen LogP contribution in [0.4, 0.5) is 0 Å². The summed E-state index contributed by atoms with van der Waals surface area (Å²) in [5.41, 5.74) is 0.0622. The zero-order valence-corrected chi connectivity index (χ0v) is 16.5. The number of β-amino-alcohol motifs (C(OH)–C–C–N with tert-alkyl or cyclic N) is 1. The molecule has 1 aliphatic carbocycles. The van der Waals surface area contributed by atoms with E-state index in [0.717, 1.165) is 12.3 Å². The van der Waals surface area contributed by atoms with Crippen molar-refractivity contribution in [2.75, 3.05) is 46.5 Å². The Bertz CT molecular complexity index is 615. The van der Waals surface area contributed by atoms with Gasteiger partial charge in [0.05, 0.1) is 6.54 Å². The molecular formula is C21H32N2O4. The summed E-state index contributed by atoms with van der Waals surface area (Å²) in [5, 5.41) is 11.4. The van der Waals surface area contributed by atoms with E-state index in [9.17, 15) is 9.90 Å². The number of hydrogen-bond acceptors (Lipinski definition) is 5. The van der Waals surface area contributed by atoms with E-state index in [1.54, 1.807) is 4.90 Å². The van der Waals surface area contributed by atoms with Crippen molar-refractivity contribution in [3.05, 3.63) is 29.8 Å². The Kier molecular flexibility index (Phi) is 6.73. The molecule has 1 saturated heterocycles. The van der Waals surface area contributed by atoms with E-state index in [-0.39, 0.29) is 25.7 Å². The molecule has 1 amide bonds. The first-order valence-corrected chi connectivity index (χ1v) is 9.92. The zero-order chi connectivity index (χ0) is 19.3. The predicted octanol–water partition coefficient (Wildman–Crippen LogP) is 1.84. The highest BCUT2D eigenvalue weighted by molar-refractivity contribution is 5.77. The SMILES string of the molecule is COCC(=O)N1CCN(C2CCCC2)C[C@@](O)(COc2ccc(C)cc2)C1. The second-order valence-electron chi connectivity index (χ2n) is 7.98. The number of ether oxygens (including phenoxy) is 2. The first kappa shape index (κ1) is 20.1. The van der Waals surface area contributed by atoms with E-state index in [4.69, 9.17) is 9.47 Å². The largest absolute Gasteiger partial charge is 0.490 e. The van der Waals surface area contributed by atoms with Gasteiger partial charge in [0.25, 0.3) is 0 Å². The lowest BCUT2D eigenvalue weighted by Gasteiger charge is -2.35. The van der Waals surface area contributed by atoms with Crippen LogP contribution in [0.25, 0.3) is 0 Å². The summed E-state index contributed by atoms with van der Waals surface area (Å²) in [6.07, 6.45) is 4.82. The quantitative estimate of drug-likeness (QED) is 0.821. The number of hydrogen-bond donors (Lipinski definition) is 1. The monoisotopic (exact) mass is 376 g/mol. The molecule has 3 rings (SSSR count). The molecule has 27 heavy (non-hydrogen) atoms. The highest BCUT2D eigenvalue weighted by atomic mass is 16.5. The van der Waals surface area contributed by atoms with E-state index in [1.807, 2.05) is 31.2 Å². The highest BCUT2D eigenvalue weighted by Crippen LogP contribution is 2.27. The van der Waals surface area contributed by atoms with Crippen molar-refractivity contribution in [2.24, 2.45) is 0 Å². The minimum absolute atomic E-state index is 0.0400. The Morgan fingerprint density at radius 3 is 2.56 bits per heavy atom. The Morgan fingerprint density at radius 1 is 1.19 bits per heavy atom. The maximum atomic E-state index is 12.4. The smallest absolute Gasteiger partial charge is 0.248 e. The molecule has 2 fully saturated rings. The van der Waals surface area contributed by atoms with Crippen LogP contribution >= 0.6 is 0 Å². The van der Waals surface area contributed by atoms with E-state index in [2.05, 4.69) is 4.90 Å². The second kappa shape index (κ2) is 9.04. The Labute approximate surface area is 162 Å². The maximum absolute atomic E-state index is 12.4. The van der Waals surface area contributed by atoms with Gasteiger partial charge in [-0.15, -0.1) is 0 Å². The van der Waals surface area contributed by atoms with E-state index >= 15 is 0 Å². The van der Waals surface area contributed by atoms with Gasteiger partial charge in [0.1, 0.15) is 24.6 Å². The lowest BCUT2D eigenvalue weighted by Crippen LogP contribution is -2.53. The summed E-state index contributed by atoms with van der Waals surface area (Å²) in [6, 6.07) is 8.31. The molecule has 6 heteroatoms. The molecule has 1 atom stereocenters. The number of aryl methyl sites for hydroxylation is 1. The number of rotatable bonds is 6. The molecule has 0 bridgehead atoms. The van der Waals surface area contributed by atoms with Gasteiger partial charge in [-0.2, -0.15) is 0 Å². The van der Waals surface area contributed by atoms with Crippen molar-refractivity contribution in [1.29, 1.82) is 0 Å². The topological polar surface area (TPSA) is 62.2 Å². The van der Waals surface area contributed by atoms with E-state index in [0.29, 0.717) is 19.1 Å². The minimum Gasteiger partial charge on any atom is -0.490 e. The number of carbonyl (C=O) groups excluding carboxylic acids is 1. The third-order valence-electron chi connectivity index (χ3n) is 5.63. The molecule has 150 valence electrons. The Balaban J connectivity index is 1.72. The van der Waals surface area contributed by atoms with Crippen LogP contribution in [0.5, 0.6) is 5.75 Å². The van der Waals surface area contributed by atoms with Crippen LogP contribution in [0.1, 0.15) is 31.2 Å². The van der Waals surface area contributed by atoms with Gasteiger partial charge in [-0.25, -0.2) is 0 Å². The van der Waals surface area contributed by atoms with Crippen LogP contribution in [0.2, 0.25) is 0 Å². The van der Waals surface area contributed by atoms with Crippen molar-refractivity contribution in [2.45, 2.75) is 44.2 Å². The van der Waals surface area contributed by atoms with Crippen LogP contribution < -0.4 is 4.74 Å². The Hall–Kier alpha value is -1.63. The second-order valence-corrected chi connectivity index (χ2v) is 7.98. The maximum Gasteiger partial charge on any atom is 0.248 e. The summed E-state index contributed by atoms with van der Waals surface area (Å²) in [4.78, 5) is 16.5. The molecule has 0 radical (unpaired) electrons. The molecule has 1 saturated carbocycles. The fourth-order valence-electron chi connectivity index (χ4n) is 4.14. The van der Waals surface area contributed by atoms with Crippen LogP contribution in [0.15, 0.2) is 24.3 Å². The zero-order valence-electron chi connectivity index (χ0n) is 16.5. The summed E-state index contributed by atoms with van der Waals surface area (Å²) < 4.78 is 10.9. The van der Waals surface area contributed by atoms with Crippen LogP contribution in [-0.2, 0) is 9.53 Å². The molecule has 1 heterocycles. The van der Waals surface area contributed by atoms with Crippen LogP contribution in [-0.4, -0.2) is 79.0 Å². The van der Waals surface area contributed by atoms with Gasteiger partial charge < -0.3 is 19.5 Å². The predicted molar refractivity (Wildman–Crippen MR) is 104 cm³/mol. The summed E-state index contributed by atoms with van der Waals surface area (Å²) in [5.74, 6) is 0.653. The fraction of sp³-hybridized carbons (Fsp3) is 0.667. The number of carbonyl (C=O) groups is 1. The number of methoxy groups -OCH3 is 1. The van der Waals surface area contributed by atoms with E-state index in [1.165, 1.54) is 38.4 Å². The van der Waals surface area contributed by atoms with Gasteiger partial charge in [-0.1, -0.05) is 30.5 Å². The first-order chi connectivity index (χ1) is 13.0. The normalized spacial score (nSPS) is 24.8. The number of nitrogens with zero attached hydrogens (tertiary/aromatic N) is 2. The van der Waals surface area contributed by atoms with Crippen molar-refractivity contribution < 1.29 is 19.4 Å². The summed E-state index contributed by atoms with van der Waals surface area (Å²) in [7, 11) is 1.52. The molecule has 1 aromatic carbocycles. The lowest BCUT2D eigenvalue weighted by molar-refractivity contribution is -0.138. The van der Waals surface area contributed by atoms with Crippen molar-refractivity contribution in [3.63, 3.8) is 0 Å². The highest BCUT2D eigenvalue weighted by Gasteiger charge is 2.39. The molecule has 6 nitrogen and oxygen atoms in total. The average molecular weight is 376 g/mol. The van der Waals surface area contributed by atoms with Crippen molar-refractivity contribution >= 4 is 5.91 Å². The number of amides is 1. The van der Waals surface area contributed by atoms with Gasteiger partial charge in [0, 0.05) is 32.8 Å². The standard InChI is InChI=1S/C21H32N2O4/c1-17-7-9-19(10-8-17)27-16-21(25)14-22(18-5-3-4-6-18)11-12-23(15-21)20(24)13-26-2/h7-10,18,25H,3-6,11-16H2,1-2H3/t21-/m0/s1. The summed E-state index contributed by atoms with van der Waals surface area (Å²) >= 11 is 0. The van der Waals surface area contributed by atoms with Gasteiger partial charge in [-0.05, 0) is 31.9 Å². The lowest BCUT2D eigenvalue weighted by atomic mass is 10.0. The molecule has 2 aliphatic rings. The van der Waals surface area contributed by atoms with Crippen LogP contribution in [0, 0.1) is 6.92 Å². The molecule has 0 aromatic heterocycles. The van der Waals surface area contributed by atoms with Gasteiger partial charge in [0.2, 0.25) is 5.91 Å². The van der Waals surface area contributed by atoms with Crippen LogP contribution in [0.3, 0.4) is 0 Å². The van der Waals surface area contributed by atoms with Gasteiger partial charge >= 0.3 is 0 Å². The number of benzene rings is 1. The molecular weight excluding hydrogens is 344 g/mol. The minimum atomic E-state index is -1.10. The molecule has 0 unspecified atom stereocenters. The average Bonchev–Trinajstić information content (AvgIpc) is 3.12. The van der Waals surface area contributed by atoms with Crippen molar-refractivity contribution in [1.82, 2.24) is 9.80 Å². The molecule has 1 aromatic rings. The third-order valence-corrected chi connectivity index (χ3v) is 5.63. The van der Waals surface area contributed by atoms with E-state index < -0.39 is 5.60 Å². The molecule has 0 spiro atoms. The number of aliphatic hydroxyl groups is 1. The summed E-state index contributed by atoms with van der Waals surface area (Å²) in [6.45, 7) is 4.43. The Morgan fingerprint density at radius 2 is 1.89 bits per heavy atom. The molecule has 1 aliphatic heterocycles.